The number of amides is 1. The van der Waals surface area contributed by atoms with Crippen molar-refractivity contribution in [3.05, 3.63) is 11.3 Å². The molecule has 0 radical (unpaired) electrons. The zero-order valence-electron chi connectivity index (χ0n) is 16.1. The van der Waals surface area contributed by atoms with Crippen molar-refractivity contribution < 1.29 is 24.5 Å². The second-order valence-electron chi connectivity index (χ2n) is 7.11. The van der Waals surface area contributed by atoms with Crippen molar-refractivity contribution in [3.8, 4) is 6.01 Å². The van der Waals surface area contributed by atoms with Gasteiger partial charge in [0.15, 0.2) is 0 Å². The smallest absolute Gasteiger partial charge is 0.408 e. The molecule has 154 valence electrons. The molecule has 3 N–H and O–H groups in total. The van der Waals surface area contributed by atoms with Crippen LogP contribution in [0.4, 0.5) is 10.6 Å². The summed E-state index contributed by atoms with van der Waals surface area (Å²) >= 11 is 0. The van der Waals surface area contributed by atoms with Crippen LogP contribution in [0.5, 0.6) is 6.01 Å². The Labute approximate surface area is 162 Å². The van der Waals surface area contributed by atoms with Crippen molar-refractivity contribution in [3.63, 3.8) is 0 Å². The number of ether oxygens (including phenoxy) is 1. The summed E-state index contributed by atoms with van der Waals surface area (Å²) in [6.07, 6.45) is -0.506. The number of anilines is 1. The number of nitrogens with one attached hydrogen (secondary N) is 1. The van der Waals surface area contributed by atoms with Gasteiger partial charge in [0, 0.05) is 31.7 Å². The fourth-order valence-corrected chi connectivity index (χ4v) is 3.38. The van der Waals surface area contributed by atoms with Crippen LogP contribution in [0.15, 0.2) is 0 Å². The molecule has 0 bridgehead atoms. The fraction of sp³-hybridized carbons (Fsp3) is 0.647. The number of hydrogen-bond acceptors (Lipinski definition) is 8. The van der Waals surface area contributed by atoms with Gasteiger partial charge in [-0.15, -0.1) is 0 Å². The van der Waals surface area contributed by atoms with E-state index in [-0.39, 0.29) is 19.1 Å². The molecule has 0 aromatic carbocycles. The van der Waals surface area contributed by atoms with E-state index in [2.05, 4.69) is 15.3 Å². The lowest BCUT2D eigenvalue weighted by atomic mass is 10.1. The first kappa shape index (κ1) is 20.1. The molecular weight excluding hydrogens is 368 g/mol. The van der Waals surface area contributed by atoms with Crippen LogP contribution in [-0.2, 0) is 17.8 Å². The Kier molecular flexibility index (Phi) is 6.15. The lowest BCUT2D eigenvalue weighted by Gasteiger charge is -2.39. The lowest BCUT2D eigenvalue weighted by Crippen LogP contribution is -2.58. The molecule has 0 spiro atoms. The molecule has 3 rings (SSSR count). The minimum Gasteiger partial charge on any atom is -0.480 e. The maximum Gasteiger partial charge on any atom is 0.408 e. The van der Waals surface area contributed by atoms with Crippen LogP contribution in [-0.4, -0.2) is 102 Å². The first-order valence-corrected chi connectivity index (χ1v) is 9.22. The number of rotatable bonds is 6. The number of hydrogen-bond donors (Lipinski definition) is 3. The van der Waals surface area contributed by atoms with Gasteiger partial charge in [-0.2, -0.15) is 9.97 Å². The molecule has 1 aromatic rings. The first-order valence-electron chi connectivity index (χ1n) is 9.22. The minimum atomic E-state index is -1.23. The number of likely N-dealkylation sites (N-methyl/N-ethyl adjacent to an activating group) is 1. The predicted molar refractivity (Wildman–Crippen MR) is 99.9 cm³/mol. The molecule has 1 unspecified atom stereocenters. The topological polar surface area (TPSA) is 131 Å². The van der Waals surface area contributed by atoms with Crippen LogP contribution < -0.4 is 15.0 Å². The Morgan fingerprint density at radius 1 is 1.29 bits per heavy atom. The molecule has 1 fully saturated rings. The van der Waals surface area contributed by atoms with E-state index in [0.717, 1.165) is 29.1 Å². The standard InChI is InChI=1S/C17H26N6O5/c1-21(2)7-8-28-16-19-12-9-18-4-3-11(12)14(20-16)22-5-6-23(17(26)27)13(10-22)15(24)25/h13,18H,3-10H2,1-2H3,(H,24,25)(H,26,27). The second kappa shape index (κ2) is 8.57. The quantitative estimate of drug-likeness (QED) is 0.570. The fourth-order valence-electron chi connectivity index (χ4n) is 3.38. The highest BCUT2D eigenvalue weighted by Crippen LogP contribution is 2.28. The lowest BCUT2D eigenvalue weighted by molar-refractivity contribution is -0.142. The van der Waals surface area contributed by atoms with Crippen molar-refractivity contribution >= 4 is 17.9 Å². The monoisotopic (exact) mass is 394 g/mol. The highest BCUT2D eigenvalue weighted by atomic mass is 16.5. The summed E-state index contributed by atoms with van der Waals surface area (Å²) in [6.45, 7) is 3.02. The molecule has 3 heterocycles. The Balaban J connectivity index is 1.87. The molecule has 1 amide bonds. The highest BCUT2D eigenvalue weighted by molar-refractivity contribution is 5.80. The van der Waals surface area contributed by atoms with Crippen LogP contribution in [0, 0.1) is 0 Å². The Bertz CT molecular complexity index is 743. The van der Waals surface area contributed by atoms with Gasteiger partial charge in [-0.25, -0.2) is 9.59 Å². The summed E-state index contributed by atoms with van der Waals surface area (Å²) in [7, 11) is 3.89. The van der Waals surface area contributed by atoms with Gasteiger partial charge < -0.3 is 30.1 Å². The molecule has 28 heavy (non-hydrogen) atoms. The van der Waals surface area contributed by atoms with Gasteiger partial charge in [0.25, 0.3) is 0 Å². The minimum absolute atomic E-state index is 0.0374. The number of carbonyl (C=O) groups is 2. The average Bonchev–Trinajstić information content (AvgIpc) is 2.66. The number of aliphatic carboxylic acids is 1. The van der Waals surface area contributed by atoms with Crippen molar-refractivity contribution in [2.24, 2.45) is 0 Å². The normalized spacial score (nSPS) is 19.5. The number of carboxylic acid groups (broad SMARTS) is 2. The molecule has 0 aliphatic carbocycles. The van der Waals surface area contributed by atoms with Crippen molar-refractivity contribution in [1.29, 1.82) is 0 Å². The third-order valence-corrected chi connectivity index (χ3v) is 4.87. The molecule has 0 saturated carbocycles. The molecule has 11 nitrogen and oxygen atoms in total. The third kappa shape index (κ3) is 4.42. The van der Waals surface area contributed by atoms with E-state index in [1.807, 2.05) is 23.9 Å². The number of carboxylic acids is 1. The number of piperazine rings is 1. The summed E-state index contributed by atoms with van der Waals surface area (Å²) < 4.78 is 5.71. The number of nitrogens with zero attached hydrogens (tertiary/aromatic N) is 5. The Morgan fingerprint density at radius 2 is 2.07 bits per heavy atom. The maximum atomic E-state index is 11.6. The molecule has 1 aromatic heterocycles. The average molecular weight is 394 g/mol. The van der Waals surface area contributed by atoms with Crippen LogP contribution in [0.2, 0.25) is 0 Å². The number of fused-ring (bicyclic) bond motifs is 1. The van der Waals surface area contributed by atoms with E-state index in [1.54, 1.807) is 0 Å². The Morgan fingerprint density at radius 3 is 2.75 bits per heavy atom. The zero-order chi connectivity index (χ0) is 20.3. The van der Waals surface area contributed by atoms with Gasteiger partial charge in [-0.3, -0.25) is 4.90 Å². The summed E-state index contributed by atoms with van der Waals surface area (Å²) in [5.41, 5.74) is 1.80. The SMILES string of the molecule is CN(C)CCOc1nc2c(c(N3CCN(C(=O)O)C(C(=O)O)C3)n1)CCNC2. The van der Waals surface area contributed by atoms with E-state index in [1.165, 1.54) is 0 Å². The van der Waals surface area contributed by atoms with Gasteiger partial charge >= 0.3 is 18.1 Å². The molecule has 2 aliphatic heterocycles. The summed E-state index contributed by atoms with van der Waals surface area (Å²) in [5, 5.41) is 22.0. The summed E-state index contributed by atoms with van der Waals surface area (Å²) in [5.74, 6) is -0.526. The maximum absolute atomic E-state index is 11.6. The highest BCUT2D eigenvalue weighted by Gasteiger charge is 2.37. The van der Waals surface area contributed by atoms with Crippen LogP contribution >= 0.6 is 0 Å². The number of aromatic nitrogens is 2. The van der Waals surface area contributed by atoms with Gasteiger partial charge in [-0.1, -0.05) is 0 Å². The van der Waals surface area contributed by atoms with Crippen molar-refractivity contribution in [2.75, 3.05) is 58.3 Å². The predicted octanol–water partition coefficient (Wildman–Crippen LogP) is -0.684. The van der Waals surface area contributed by atoms with E-state index < -0.39 is 18.1 Å². The molecule has 2 aliphatic rings. The van der Waals surface area contributed by atoms with Crippen molar-refractivity contribution in [1.82, 2.24) is 25.1 Å². The zero-order valence-corrected chi connectivity index (χ0v) is 16.1. The molecule has 1 saturated heterocycles. The van der Waals surface area contributed by atoms with Crippen LogP contribution in [0.25, 0.3) is 0 Å². The third-order valence-electron chi connectivity index (χ3n) is 4.87. The van der Waals surface area contributed by atoms with Crippen LogP contribution in [0.3, 0.4) is 0 Å². The van der Waals surface area contributed by atoms with E-state index in [4.69, 9.17) is 4.74 Å². The van der Waals surface area contributed by atoms with E-state index in [0.29, 0.717) is 32.1 Å². The van der Waals surface area contributed by atoms with Gasteiger partial charge in [0.05, 0.1) is 12.2 Å². The molecule has 11 heteroatoms. The molecule has 1 atom stereocenters. The van der Waals surface area contributed by atoms with Gasteiger partial charge in [-0.05, 0) is 27.1 Å². The first-order chi connectivity index (χ1) is 13.4. The summed E-state index contributed by atoms with van der Waals surface area (Å²) in [6, 6.07) is -0.886. The van der Waals surface area contributed by atoms with E-state index in [9.17, 15) is 19.8 Å². The van der Waals surface area contributed by atoms with Gasteiger partial charge in [0.2, 0.25) is 0 Å². The summed E-state index contributed by atoms with van der Waals surface area (Å²) in [4.78, 5) is 36.8. The molecular formula is C17H26N6O5. The van der Waals surface area contributed by atoms with E-state index >= 15 is 0 Å². The largest absolute Gasteiger partial charge is 0.480 e. The Hall–Kier alpha value is -2.66. The second-order valence-corrected chi connectivity index (χ2v) is 7.11. The van der Waals surface area contributed by atoms with Gasteiger partial charge in [0.1, 0.15) is 18.5 Å². The van der Waals surface area contributed by atoms with Crippen LogP contribution in [0.1, 0.15) is 11.3 Å². The van der Waals surface area contributed by atoms with Crippen molar-refractivity contribution in [2.45, 2.75) is 19.0 Å².